The Labute approximate surface area is 127 Å². The summed E-state index contributed by atoms with van der Waals surface area (Å²) >= 11 is 0. The molecular formula is C17H24N2O2. The molecule has 0 aromatic heterocycles. The molecule has 0 heterocycles. The molecule has 0 fully saturated rings. The molecule has 0 aliphatic heterocycles. The van der Waals surface area contributed by atoms with Crippen LogP contribution in [0.5, 0.6) is 0 Å². The van der Waals surface area contributed by atoms with E-state index in [4.69, 9.17) is 10.00 Å². The summed E-state index contributed by atoms with van der Waals surface area (Å²) in [5, 5.41) is 8.80. The fraction of sp³-hybridized carbons (Fsp3) is 0.529. The van der Waals surface area contributed by atoms with Crippen LogP contribution >= 0.6 is 0 Å². The van der Waals surface area contributed by atoms with E-state index in [1.165, 1.54) is 0 Å². The number of rotatable bonds is 8. The highest BCUT2D eigenvalue weighted by Crippen LogP contribution is 2.12. The molecule has 0 aliphatic rings. The summed E-state index contributed by atoms with van der Waals surface area (Å²) in [5.74, 6) is 0.172. The monoisotopic (exact) mass is 288 g/mol. The maximum atomic E-state index is 12.3. The third-order valence-corrected chi connectivity index (χ3v) is 3.37. The molecule has 4 heteroatoms. The van der Waals surface area contributed by atoms with Gasteiger partial charge in [-0.05, 0) is 44.4 Å². The molecule has 1 aromatic rings. The second-order valence-electron chi connectivity index (χ2n) is 5.37. The lowest BCUT2D eigenvalue weighted by molar-refractivity contribution is -0.133. The van der Waals surface area contributed by atoms with E-state index in [2.05, 4.69) is 6.07 Å². The van der Waals surface area contributed by atoms with Crippen molar-refractivity contribution in [1.29, 1.82) is 5.26 Å². The number of carbonyl (C=O) groups excluding carboxylic acids is 1. The minimum Gasteiger partial charge on any atom is -0.385 e. The third-order valence-electron chi connectivity index (χ3n) is 3.37. The first kappa shape index (κ1) is 17.2. The predicted molar refractivity (Wildman–Crippen MR) is 82.6 cm³/mol. The van der Waals surface area contributed by atoms with Crippen molar-refractivity contribution in [2.45, 2.75) is 45.7 Å². The summed E-state index contributed by atoms with van der Waals surface area (Å²) in [4.78, 5) is 14.2. The van der Waals surface area contributed by atoms with Crippen molar-refractivity contribution in [2.24, 2.45) is 0 Å². The Bertz CT molecular complexity index is 475. The van der Waals surface area contributed by atoms with E-state index >= 15 is 0 Å². The highest BCUT2D eigenvalue weighted by Gasteiger charge is 2.16. The lowest BCUT2D eigenvalue weighted by Crippen LogP contribution is -2.36. The topological polar surface area (TPSA) is 53.3 Å². The Morgan fingerprint density at radius 1 is 1.29 bits per heavy atom. The van der Waals surface area contributed by atoms with E-state index < -0.39 is 0 Å². The summed E-state index contributed by atoms with van der Waals surface area (Å²) in [7, 11) is 1.67. The molecule has 0 spiro atoms. The number of nitrogens with zero attached hydrogens (tertiary/aromatic N) is 2. The zero-order chi connectivity index (χ0) is 15.7. The average molecular weight is 288 g/mol. The minimum absolute atomic E-state index is 0.163. The number of ether oxygens (including phenoxy) is 1. The second kappa shape index (κ2) is 9.15. The van der Waals surface area contributed by atoms with Crippen LogP contribution in [0.15, 0.2) is 24.3 Å². The van der Waals surface area contributed by atoms with Crippen LogP contribution in [-0.4, -0.2) is 30.6 Å². The number of benzene rings is 1. The van der Waals surface area contributed by atoms with Crippen LogP contribution in [0.1, 0.15) is 44.2 Å². The van der Waals surface area contributed by atoms with Gasteiger partial charge in [0.05, 0.1) is 11.6 Å². The Morgan fingerprint density at radius 3 is 2.48 bits per heavy atom. The van der Waals surface area contributed by atoms with Gasteiger partial charge < -0.3 is 9.64 Å². The van der Waals surface area contributed by atoms with Gasteiger partial charge in [0.15, 0.2) is 0 Å². The molecule has 21 heavy (non-hydrogen) atoms. The summed E-state index contributed by atoms with van der Waals surface area (Å²) in [6, 6.07) is 9.66. The zero-order valence-electron chi connectivity index (χ0n) is 13.1. The Hall–Kier alpha value is -1.86. The van der Waals surface area contributed by atoms with Gasteiger partial charge in [0.2, 0.25) is 5.91 Å². The maximum Gasteiger partial charge on any atom is 0.223 e. The number of methoxy groups -OCH3 is 1. The van der Waals surface area contributed by atoms with Crippen LogP contribution in [0.25, 0.3) is 0 Å². The molecule has 0 radical (unpaired) electrons. The van der Waals surface area contributed by atoms with Gasteiger partial charge in [-0.2, -0.15) is 5.26 Å². The molecular weight excluding hydrogens is 264 g/mol. The quantitative estimate of drug-likeness (QED) is 0.691. The van der Waals surface area contributed by atoms with E-state index in [0.717, 1.165) is 18.4 Å². The maximum absolute atomic E-state index is 12.3. The first-order valence-electron chi connectivity index (χ1n) is 7.36. The molecule has 1 rings (SSSR count). The molecule has 0 N–H and O–H groups in total. The number of amides is 1. The lowest BCUT2D eigenvalue weighted by atomic mass is 10.1. The van der Waals surface area contributed by atoms with E-state index in [-0.39, 0.29) is 11.9 Å². The van der Waals surface area contributed by atoms with Gasteiger partial charge in [0.1, 0.15) is 0 Å². The molecule has 1 amide bonds. The SMILES string of the molecule is COCCCCC(=O)N(Cc1ccc(C#N)cc1)C(C)C. The first-order chi connectivity index (χ1) is 10.1. The van der Waals surface area contributed by atoms with Crippen LogP contribution in [-0.2, 0) is 16.1 Å². The molecule has 1 aromatic carbocycles. The predicted octanol–water partition coefficient (Wildman–Crippen LogP) is 3.11. The summed E-state index contributed by atoms with van der Waals surface area (Å²) in [6.07, 6.45) is 2.31. The molecule has 0 unspecified atom stereocenters. The Balaban J connectivity index is 2.60. The summed E-state index contributed by atoms with van der Waals surface area (Å²) < 4.78 is 5.00. The highest BCUT2D eigenvalue weighted by atomic mass is 16.5. The number of unbranched alkanes of at least 4 members (excludes halogenated alkanes) is 1. The average Bonchev–Trinajstić information content (AvgIpc) is 2.49. The fourth-order valence-corrected chi connectivity index (χ4v) is 2.11. The lowest BCUT2D eigenvalue weighted by Gasteiger charge is -2.27. The van der Waals surface area contributed by atoms with Gasteiger partial charge >= 0.3 is 0 Å². The smallest absolute Gasteiger partial charge is 0.223 e. The van der Waals surface area contributed by atoms with Gasteiger partial charge in [-0.25, -0.2) is 0 Å². The molecule has 4 nitrogen and oxygen atoms in total. The van der Waals surface area contributed by atoms with Crippen LogP contribution in [0.3, 0.4) is 0 Å². The van der Waals surface area contributed by atoms with Crippen LogP contribution in [0.4, 0.5) is 0 Å². The van der Waals surface area contributed by atoms with Crippen molar-refractivity contribution in [3.8, 4) is 6.07 Å². The molecule has 0 bridgehead atoms. The van der Waals surface area contributed by atoms with Crippen LogP contribution in [0, 0.1) is 11.3 Å². The van der Waals surface area contributed by atoms with Crippen molar-refractivity contribution in [1.82, 2.24) is 4.90 Å². The first-order valence-corrected chi connectivity index (χ1v) is 7.36. The number of hydrogen-bond donors (Lipinski definition) is 0. The number of hydrogen-bond acceptors (Lipinski definition) is 3. The van der Waals surface area contributed by atoms with E-state index in [9.17, 15) is 4.79 Å². The normalized spacial score (nSPS) is 10.4. The number of nitriles is 1. The molecule has 0 aliphatic carbocycles. The van der Waals surface area contributed by atoms with Gasteiger partial charge in [0.25, 0.3) is 0 Å². The van der Waals surface area contributed by atoms with Gasteiger partial charge in [0, 0.05) is 32.7 Å². The highest BCUT2D eigenvalue weighted by molar-refractivity contribution is 5.76. The van der Waals surface area contributed by atoms with Crippen LogP contribution in [0.2, 0.25) is 0 Å². The van der Waals surface area contributed by atoms with E-state index in [0.29, 0.717) is 25.1 Å². The van der Waals surface area contributed by atoms with Crippen molar-refractivity contribution < 1.29 is 9.53 Å². The molecule has 0 saturated carbocycles. The Morgan fingerprint density at radius 2 is 1.95 bits per heavy atom. The molecule has 114 valence electrons. The standard InChI is InChI=1S/C17H24N2O2/c1-14(2)19(17(20)6-4-5-11-21-3)13-16-9-7-15(12-18)8-10-16/h7-10,14H,4-6,11,13H2,1-3H3. The van der Waals surface area contributed by atoms with Gasteiger partial charge in [-0.3, -0.25) is 4.79 Å². The third kappa shape index (κ3) is 5.97. The van der Waals surface area contributed by atoms with E-state index in [1.54, 1.807) is 19.2 Å². The van der Waals surface area contributed by atoms with Crippen molar-refractivity contribution in [3.05, 3.63) is 35.4 Å². The van der Waals surface area contributed by atoms with Crippen molar-refractivity contribution >= 4 is 5.91 Å². The van der Waals surface area contributed by atoms with Gasteiger partial charge in [-0.15, -0.1) is 0 Å². The van der Waals surface area contributed by atoms with Crippen molar-refractivity contribution in [2.75, 3.05) is 13.7 Å². The summed E-state index contributed by atoms with van der Waals surface area (Å²) in [6.45, 7) is 5.34. The van der Waals surface area contributed by atoms with Crippen molar-refractivity contribution in [3.63, 3.8) is 0 Å². The van der Waals surface area contributed by atoms with Gasteiger partial charge in [-0.1, -0.05) is 12.1 Å². The van der Waals surface area contributed by atoms with E-state index in [1.807, 2.05) is 30.9 Å². The second-order valence-corrected chi connectivity index (χ2v) is 5.37. The largest absolute Gasteiger partial charge is 0.385 e. The molecule has 0 atom stereocenters. The Kier molecular flexibility index (Phi) is 7.49. The zero-order valence-corrected chi connectivity index (χ0v) is 13.1. The fourth-order valence-electron chi connectivity index (χ4n) is 2.11. The summed E-state index contributed by atoms with van der Waals surface area (Å²) in [5.41, 5.74) is 1.69. The minimum atomic E-state index is 0.163. The molecule has 0 saturated heterocycles. The number of carbonyl (C=O) groups is 1. The van der Waals surface area contributed by atoms with Crippen LogP contribution < -0.4 is 0 Å².